The fourth-order valence-electron chi connectivity index (χ4n) is 2.60. The second-order valence-corrected chi connectivity index (χ2v) is 6.68. The molecule has 0 bridgehead atoms. The third-order valence-electron chi connectivity index (χ3n) is 3.94. The third-order valence-corrected chi connectivity index (χ3v) is 4.75. The molecule has 24 heavy (non-hydrogen) atoms. The van der Waals surface area contributed by atoms with E-state index in [9.17, 15) is 9.18 Å². The van der Waals surface area contributed by atoms with Gasteiger partial charge in [-0.2, -0.15) is 4.37 Å². The van der Waals surface area contributed by atoms with Gasteiger partial charge in [0.05, 0.1) is 0 Å². The first-order chi connectivity index (χ1) is 11.5. The number of carbonyl (C=O) groups excluding carboxylic acids is 1. The molecule has 0 unspecified atom stereocenters. The van der Waals surface area contributed by atoms with E-state index in [1.165, 1.54) is 23.7 Å². The minimum absolute atomic E-state index is 0.0453. The molecular weight excluding hydrogens is 329 g/mol. The van der Waals surface area contributed by atoms with E-state index in [1.54, 1.807) is 31.1 Å². The highest BCUT2D eigenvalue weighted by molar-refractivity contribution is 7.09. The van der Waals surface area contributed by atoms with Crippen molar-refractivity contribution in [1.82, 2.24) is 19.2 Å². The van der Waals surface area contributed by atoms with Crippen LogP contribution in [0.5, 0.6) is 0 Å². The Balaban J connectivity index is 1.58. The van der Waals surface area contributed by atoms with Crippen molar-refractivity contribution in [3.05, 3.63) is 41.5 Å². The molecule has 0 aliphatic carbocycles. The van der Waals surface area contributed by atoms with Gasteiger partial charge in [0.2, 0.25) is 5.13 Å². The molecular formula is C16H20FN5OS. The highest BCUT2D eigenvalue weighted by atomic mass is 32.1. The van der Waals surface area contributed by atoms with Crippen LogP contribution in [0.1, 0.15) is 11.4 Å². The van der Waals surface area contributed by atoms with Crippen molar-refractivity contribution in [3.63, 3.8) is 0 Å². The van der Waals surface area contributed by atoms with E-state index in [1.807, 2.05) is 4.90 Å². The lowest BCUT2D eigenvalue weighted by Gasteiger charge is -2.35. The zero-order chi connectivity index (χ0) is 17.1. The Labute approximate surface area is 144 Å². The lowest BCUT2D eigenvalue weighted by atomic mass is 10.1. The van der Waals surface area contributed by atoms with Crippen molar-refractivity contribution in [2.24, 2.45) is 0 Å². The predicted octanol–water partition coefficient (Wildman–Crippen LogP) is 2.07. The smallest absolute Gasteiger partial charge is 0.319 e. The molecule has 2 aromatic rings. The quantitative estimate of drug-likeness (QED) is 0.851. The Hall–Kier alpha value is -2.22. The lowest BCUT2D eigenvalue weighted by Crippen LogP contribution is -2.51. The van der Waals surface area contributed by atoms with Gasteiger partial charge in [0.25, 0.3) is 0 Å². The van der Waals surface area contributed by atoms with Gasteiger partial charge in [-0.1, -0.05) is 12.1 Å². The summed E-state index contributed by atoms with van der Waals surface area (Å²) < 4.78 is 17.3. The van der Waals surface area contributed by atoms with E-state index in [0.717, 1.165) is 29.6 Å². The number of anilines is 1. The van der Waals surface area contributed by atoms with Crippen molar-refractivity contribution >= 4 is 22.7 Å². The van der Waals surface area contributed by atoms with Gasteiger partial charge in [-0.3, -0.25) is 0 Å². The van der Waals surface area contributed by atoms with Gasteiger partial charge in [0.15, 0.2) is 0 Å². The normalized spacial score (nSPS) is 14.8. The molecule has 0 N–H and O–H groups in total. The molecule has 1 fully saturated rings. The van der Waals surface area contributed by atoms with Crippen LogP contribution in [0, 0.1) is 5.82 Å². The summed E-state index contributed by atoms with van der Waals surface area (Å²) in [7, 11) is 3.53. The van der Waals surface area contributed by atoms with Crippen molar-refractivity contribution in [2.45, 2.75) is 6.42 Å². The van der Waals surface area contributed by atoms with Crippen LogP contribution in [0.25, 0.3) is 0 Å². The van der Waals surface area contributed by atoms with Crippen LogP contribution in [0.4, 0.5) is 14.3 Å². The largest absolute Gasteiger partial charge is 0.343 e. The van der Waals surface area contributed by atoms with Crippen molar-refractivity contribution < 1.29 is 9.18 Å². The summed E-state index contributed by atoms with van der Waals surface area (Å²) in [5.41, 5.74) is 0.988. The van der Waals surface area contributed by atoms with Crippen LogP contribution >= 0.6 is 11.5 Å². The first-order valence-electron chi connectivity index (χ1n) is 7.81. The highest BCUT2D eigenvalue weighted by Crippen LogP contribution is 2.20. The average molecular weight is 349 g/mol. The van der Waals surface area contributed by atoms with Gasteiger partial charge in [-0.05, 0) is 17.7 Å². The molecule has 1 aromatic carbocycles. The number of rotatable bonds is 3. The molecule has 0 saturated carbocycles. The van der Waals surface area contributed by atoms with E-state index in [2.05, 4.69) is 14.3 Å². The average Bonchev–Trinajstić information content (AvgIpc) is 3.05. The molecule has 3 rings (SSSR count). The number of carbonyl (C=O) groups is 1. The van der Waals surface area contributed by atoms with Crippen LogP contribution < -0.4 is 4.90 Å². The second kappa shape index (κ2) is 7.12. The lowest BCUT2D eigenvalue weighted by molar-refractivity contribution is 0.168. The van der Waals surface area contributed by atoms with Gasteiger partial charge in [-0.15, -0.1) is 0 Å². The summed E-state index contributed by atoms with van der Waals surface area (Å²) in [5, 5.41) is 0.879. The Bertz CT molecular complexity index is 695. The summed E-state index contributed by atoms with van der Waals surface area (Å²) in [6, 6.07) is 6.44. The molecule has 0 atom stereocenters. The zero-order valence-electron chi connectivity index (χ0n) is 13.8. The SMILES string of the molecule is CN(C)C(=O)N1CCN(c2nc(Cc3ccc(F)cc3)ns2)CC1. The second-order valence-electron chi connectivity index (χ2n) is 5.95. The summed E-state index contributed by atoms with van der Waals surface area (Å²) in [6.07, 6.45) is 0.593. The van der Waals surface area contributed by atoms with Gasteiger partial charge in [-0.25, -0.2) is 14.2 Å². The first kappa shape index (κ1) is 16.6. The fraction of sp³-hybridized carbons (Fsp3) is 0.438. The predicted molar refractivity (Wildman–Crippen MR) is 92.0 cm³/mol. The van der Waals surface area contributed by atoms with E-state index >= 15 is 0 Å². The molecule has 8 heteroatoms. The molecule has 2 amide bonds. The number of hydrogen-bond donors (Lipinski definition) is 0. The van der Waals surface area contributed by atoms with E-state index in [0.29, 0.717) is 19.5 Å². The number of nitrogens with zero attached hydrogens (tertiary/aromatic N) is 5. The summed E-state index contributed by atoms with van der Waals surface area (Å²) >= 11 is 1.37. The van der Waals surface area contributed by atoms with E-state index < -0.39 is 0 Å². The molecule has 6 nitrogen and oxygen atoms in total. The molecule has 128 valence electrons. The summed E-state index contributed by atoms with van der Waals surface area (Å²) in [5.74, 6) is 0.504. The monoisotopic (exact) mass is 349 g/mol. The number of aromatic nitrogens is 2. The van der Waals surface area contributed by atoms with Crippen LogP contribution in [0.3, 0.4) is 0 Å². The molecule has 1 aromatic heterocycles. The highest BCUT2D eigenvalue weighted by Gasteiger charge is 2.24. The van der Waals surface area contributed by atoms with Crippen LogP contribution in [-0.4, -0.2) is 65.5 Å². The van der Waals surface area contributed by atoms with Gasteiger partial charge >= 0.3 is 6.03 Å². The standard InChI is InChI=1S/C16H20FN5OS/c1-20(2)16(23)22-9-7-21(8-10-22)15-18-14(19-24-15)11-12-3-5-13(17)6-4-12/h3-6H,7-11H2,1-2H3. The number of amides is 2. The van der Waals surface area contributed by atoms with Crippen molar-refractivity contribution in [1.29, 1.82) is 0 Å². The van der Waals surface area contributed by atoms with E-state index in [-0.39, 0.29) is 11.8 Å². The minimum Gasteiger partial charge on any atom is -0.343 e. The maximum atomic E-state index is 12.9. The van der Waals surface area contributed by atoms with Crippen LogP contribution in [-0.2, 0) is 6.42 Å². The Morgan fingerprint density at radius 1 is 1.21 bits per heavy atom. The third kappa shape index (κ3) is 3.81. The zero-order valence-corrected chi connectivity index (χ0v) is 14.6. The number of hydrogen-bond acceptors (Lipinski definition) is 5. The van der Waals surface area contributed by atoms with E-state index in [4.69, 9.17) is 0 Å². The van der Waals surface area contributed by atoms with Gasteiger partial charge in [0.1, 0.15) is 11.6 Å². The van der Waals surface area contributed by atoms with Crippen LogP contribution in [0.15, 0.2) is 24.3 Å². The fourth-order valence-corrected chi connectivity index (χ4v) is 3.34. The molecule has 1 aliphatic heterocycles. The number of halogens is 1. The molecule has 0 radical (unpaired) electrons. The maximum Gasteiger partial charge on any atom is 0.319 e. The first-order valence-corrected chi connectivity index (χ1v) is 8.58. The number of benzene rings is 1. The summed E-state index contributed by atoms with van der Waals surface area (Å²) in [6.45, 7) is 2.88. The Morgan fingerprint density at radius 2 is 1.88 bits per heavy atom. The topological polar surface area (TPSA) is 52.6 Å². The number of urea groups is 1. The Kier molecular flexibility index (Phi) is 4.94. The van der Waals surface area contributed by atoms with Crippen LogP contribution in [0.2, 0.25) is 0 Å². The Morgan fingerprint density at radius 3 is 2.50 bits per heavy atom. The minimum atomic E-state index is -0.240. The van der Waals surface area contributed by atoms with Crippen molar-refractivity contribution in [3.8, 4) is 0 Å². The number of piperazine rings is 1. The molecule has 0 spiro atoms. The molecule has 2 heterocycles. The summed E-state index contributed by atoms with van der Waals surface area (Å²) in [4.78, 5) is 22.1. The van der Waals surface area contributed by atoms with Crippen molar-refractivity contribution in [2.75, 3.05) is 45.2 Å². The maximum absolute atomic E-state index is 12.9. The van der Waals surface area contributed by atoms with Gasteiger partial charge in [0, 0.05) is 58.2 Å². The molecule has 1 aliphatic rings. The molecule has 1 saturated heterocycles. The van der Waals surface area contributed by atoms with Gasteiger partial charge < -0.3 is 14.7 Å².